The highest BCUT2D eigenvalue weighted by atomic mass is 19.1. The third kappa shape index (κ3) is 2.56. The molecule has 4 heteroatoms. The summed E-state index contributed by atoms with van der Waals surface area (Å²) in [6.07, 6.45) is 1.000. The Balaban J connectivity index is 2.30. The van der Waals surface area contributed by atoms with Crippen LogP contribution in [-0.2, 0) is 0 Å². The molecule has 2 N–H and O–H groups in total. The molecule has 0 radical (unpaired) electrons. The van der Waals surface area contributed by atoms with Gasteiger partial charge in [-0.15, -0.1) is 0 Å². The summed E-state index contributed by atoms with van der Waals surface area (Å²) in [5, 5.41) is 9.03. The predicted octanol–water partition coefficient (Wildman–Crippen LogP) is 1.87. The highest BCUT2D eigenvalue weighted by Gasteiger charge is 2.23. The van der Waals surface area contributed by atoms with Gasteiger partial charge in [0.15, 0.2) is 0 Å². The molecule has 1 aliphatic rings. The summed E-state index contributed by atoms with van der Waals surface area (Å²) < 4.78 is 13.1. The summed E-state index contributed by atoms with van der Waals surface area (Å²) in [6, 6.07) is 6.49. The Morgan fingerprint density at radius 2 is 2.24 bits per heavy atom. The van der Waals surface area contributed by atoms with E-state index in [0.717, 1.165) is 25.2 Å². The van der Waals surface area contributed by atoms with E-state index in [0.29, 0.717) is 11.5 Å². The second-order valence-electron chi connectivity index (χ2n) is 4.78. The minimum atomic E-state index is -0.375. The second kappa shape index (κ2) is 4.72. The summed E-state index contributed by atoms with van der Waals surface area (Å²) in [5.74, 6) is 0.120. The van der Waals surface area contributed by atoms with E-state index in [-0.39, 0.29) is 11.9 Å². The van der Waals surface area contributed by atoms with Crippen LogP contribution in [0, 0.1) is 23.1 Å². The van der Waals surface area contributed by atoms with Gasteiger partial charge >= 0.3 is 0 Å². The van der Waals surface area contributed by atoms with Crippen LogP contribution in [0.2, 0.25) is 0 Å². The molecule has 1 aromatic carbocycles. The molecule has 2 unspecified atom stereocenters. The molecule has 0 aliphatic carbocycles. The lowest BCUT2D eigenvalue weighted by Gasteiger charge is -2.36. The molecular formula is C13H16FN3. The van der Waals surface area contributed by atoms with Crippen molar-refractivity contribution >= 4 is 5.69 Å². The first kappa shape index (κ1) is 11.9. The van der Waals surface area contributed by atoms with Gasteiger partial charge in [-0.1, -0.05) is 6.92 Å². The summed E-state index contributed by atoms with van der Waals surface area (Å²) >= 11 is 0. The fourth-order valence-electron chi connectivity index (χ4n) is 2.47. The van der Waals surface area contributed by atoms with Crippen molar-refractivity contribution in [3.8, 4) is 6.07 Å². The number of hydrogen-bond donors (Lipinski definition) is 1. The number of anilines is 1. The van der Waals surface area contributed by atoms with E-state index in [1.54, 1.807) is 6.07 Å². The zero-order valence-electron chi connectivity index (χ0n) is 9.86. The minimum absolute atomic E-state index is 0.121. The maximum atomic E-state index is 13.1. The first-order chi connectivity index (χ1) is 8.10. The molecule has 0 bridgehead atoms. The van der Waals surface area contributed by atoms with Crippen LogP contribution in [0.3, 0.4) is 0 Å². The van der Waals surface area contributed by atoms with Crippen molar-refractivity contribution < 1.29 is 4.39 Å². The fraction of sp³-hybridized carbons (Fsp3) is 0.462. The number of nitrogens with zero attached hydrogens (tertiary/aromatic N) is 2. The van der Waals surface area contributed by atoms with E-state index in [1.165, 1.54) is 12.1 Å². The summed E-state index contributed by atoms with van der Waals surface area (Å²) in [5.41, 5.74) is 7.14. The first-order valence-corrected chi connectivity index (χ1v) is 5.80. The standard InChI is InChI=1S/C13H16FN3/c1-9-4-12(16)8-17(7-9)13-3-2-11(14)5-10(13)6-15/h2-3,5,9,12H,4,7-8,16H2,1H3. The van der Waals surface area contributed by atoms with E-state index in [4.69, 9.17) is 11.0 Å². The van der Waals surface area contributed by atoms with Gasteiger partial charge in [0.05, 0.1) is 11.3 Å². The third-order valence-electron chi connectivity index (χ3n) is 3.11. The Kier molecular flexibility index (Phi) is 3.30. The molecule has 0 saturated carbocycles. The van der Waals surface area contributed by atoms with Crippen LogP contribution >= 0.6 is 0 Å². The molecule has 1 heterocycles. The molecule has 1 aromatic rings. The molecule has 2 rings (SSSR count). The van der Waals surface area contributed by atoms with E-state index >= 15 is 0 Å². The van der Waals surface area contributed by atoms with Crippen molar-refractivity contribution in [3.05, 3.63) is 29.6 Å². The average molecular weight is 233 g/mol. The van der Waals surface area contributed by atoms with Crippen molar-refractivity contribution in [2.45, 2.75) is 19.4 Å². The second-order valence-corrected chi connectivity index (χ2v) is 4.78. The van der Waals surface area contributed by atoms with Gasteiger partial charge in [0.1, 0.15) is 11.9 Å². The number of hydrogen-bond acceptors (Lipinski definition) is 3. The highest BCUT2D eigenvalue weighted by molar-refractivity contribution is 5.59. The molecule has 1 aliphatic heterocycles. The Morgan fingerprint density at radius 3 is 2.88 bits per heavy atom. The molecular weight excluding hydrogens is 217 g/mol. The van der Waals surface area contributed by atoms with Crippen LogP contribution in [-0.4, -0.2) is 19.1 Å². The number of nitriles is 1. The smallest absolute Gasteiger partial charge is 0.124 e. The minimum Gasteiger partial charge on any atom is -0.369 e. The topological polar surface area (TPSA) is 53.0 Å². The monoisotopic (exact) mass is 233 g/mol. The van der Waals surface area contributed by atoms with Gasteiger partial charge < -0.3 is 10.6 Å². The summed E-state index contributed by atoms with van der Waals surface area (Å²) in [7, 11) is 0. The third-order valence-corrected chi connectivity index (χ3v) is 3.11. The Morgan fingerprint density at radius 1 is 1.47 bits per heavy atom. The number of benzene rings is 1. The summed E-state index contributed by atoms with van der Waals surface area (Å²) in [4.78, 5) is 2.08. The van der Waals surface area contributed by atoms with E-state index in [1.807, 2.05) is 6.07 Å². The molecule has 90 valence electrons. The Bertz CT molecular complexity index is 442. The van der Waals surface area contributed by atoms with Gasteiger partial charge in [-0.05, 0) is 30.5 Å². The lowest BCUT2D eigenvalue weighted by molar-refractivity contribution is 0.401. The van der Waals surface area contributed by atoms with Crippen LogP contribution in [0.5, 0.6) is 0 Å². The van der Waals surface area contributed by atoms with Gasteiger partial charge in [-0.3, -0.25) is 0 Å². The van der Waals surface area contributed by atoms with Crippen molar-refractivity contribution in [2.75, 3.05) is 18.0 Å². The van der Waals surface area contributed by atoms with Gasteiger partial charge in [0, 0.05) is 19.1 Å². The molecule has 17 heavy (non-hydrogen) atoms. The van der Waals surface area contributed by atoms with Gasteiger partial charge in [-0.2, -0.15) is 5.26 Å². The largest absolute Gasteiger partial charge is 0.369 e. The molecule has 1 fully saturated rings. The van der Waals surface area contributed by atoms with Gasteiger partial charge in [0.25, 0.3) is 0 Å². The molecule has 0 spiro atoms. The van der Waals surface area contributed by atoms with Crippen molar-refractivity contribution in [3.63, 3.8) is 0 Å². The molecule has 0 aromatic heterocycles. The lowest BCUT2D eigenvalue weighted by Crippen LogP contribution is -2.46. The maximum absolute atomic E-state index is 13.1. The van der Waals surface area contributed by atoms with Crippen molar-refractivity contribution in [1.82, 2.24) is 0 Å². The fourth-order valence-corrected chi connectivity index (χ4v) is 2.47. The average Bonchev–Trinajstić information content (AvgIpc) is 2.27. The molecule has 1 saturated heterocycles. The lowest BCUT2D eigenvalue weighted by atomic mass is 9.95. The maximum Gasteiger partial charge on any atom is 0.124 e. The first-order valence-electron chi connectivity index (χ1n) is 5.80. The van der Waals surface area contributed by atoms with Gasteiger partial charge in [-0.25, -0.2) is 4.39 Å². The molecule has 3 nitrogen and oxygen atoms in total. The van der Waals surface area contributed by atoms with Crippen molar-refractivity contribution in [1.29, 1.82) is 5.26 Å². The Hall–Kier alpha value is -1.60. The molecule has 2 atom stereocenters. The van der Waals surface area contributed by atoms with Crippen LogP contribution < -0.4 is 10.6 Å². The predicted molar refractivity (Wildman–Crippen MR) is 65.1 cm³/mol. The Labute approximate surface area is 101 Å². The van der Waals surface area contributed by atoms with Crippen LogP contribution in [0.25, 0.3) is 0 Å². The summed E-state index contributed by atoms with van der Waals surface area (Å²) in [6.45, 7) is 3.74. The number of rotatable bonds is 1. The van der Waals surface area contributed by atoms with Crippen LogP contribution in [0.15, 0.2) is 18.2 Å². The van der Waals surface area contributed by atoms with E-state index in [2.05, 4.69) is 11.8 Å². The quantitative estimate of drug-likeness (QED) is 0.805. The number of piperidine rings is 1. The number of halogens is 1. The normalized spacial score (nSPS) is 24.5. The zero-order valence-corrected chi connectivity index (χ0v) is 9.86. The zero-order chi connectivity index (χ0) is 12.4. The highest BCUT2D eigenvalue weighted by Crippen LogP contribution is 2.26. The van der Waals surface area contributed by atoms with Crippen molar-refractivity contribution in [2.24, 2.45) is 11.7 Å². The van der Waals surface area contributed by atoms with Gasteiger partial charge in [0.2, 0.25) is 0 Å². The van der Waals surface area contributed by atoms with E-state index in [9.17, 15) is 4.39 Å². The SMILES string of the molecule is CC1CC(N)CN(c2ccc(F)cc2C#N)C1. The van der Waals surface area contributed by atoms with E-state index < -0.39 is 0 Å². The molecule has 0 amide bonds. The van der Waals surface area contributed by atoms with Crippen LogP contribution in [0.1, 0.15) is 18.9 Å². The number of nitrogens with two attached hydrogens (primary N) is 1. The van der Waals surface area contributed by atoms with Crippen LogP contribution in [0.4, 0.5) is 10.1 Å².